The van der Waals surface area contributed by atoms with E-state index in [0.29, 0.717) is 17.1 Å². The summed E-state index contributed by atoms with van der Waals surface area (Å²) in [5.41, 5.74) is 1.16. The molecular weight excluding hydrogens is 280 g/mol. The Hall–Kier alpha value is -1.45. The molecule has 0 heterocycles. The second-order valence-electron chi connectivity index (χ2n) is 4.58. The summed E-state index contributed by atoms with van der Waals surface area (Å²) in [6, 6.07) is 11.0. The monoisotopic (exact) mass is 295 g/mol. The molecule has 0 amide bonds. The van der Waals surface area contributed by atoms with Crippen LogP contribution >= 0.6 is 11.6 Å². The Kier molecular flexibility index (Phi) is 5.10. The third-order valence-electron chi connectivity index (χ3n) is 3.09. The van der Waals surface area contributed by atoms with Crippen molar-refractivity contribution in [3.05, 3.63) is 70.2 Å². The van der Waals surface area contributed by atoms with Crippen LogP contribution in [0.4, 0.5) is 8.78 Å². The van der Waals surface area contributed by atoms with E-state index in [0.717, 1.165) is 18.1 Å². The Bertz CT molecular complexity index is 569. The smallest absolute Gasteiger partial charge is 0.163 e. The summed E-state index contributed by atoms with van der Waals surface area (Å²) in [6.45, 7) is 2.73. The van der Waals surface area contributed by atoms with E-state index in [1.165, 1.54) is 6.07 Å². The number of hydrogen-bond donors (Lipinski definition) is 1. The SMILES string of the molecule is CCCNC(c1ccc(Cl)cc1)c1cccc(F)c1F. The van der Waals surface area contributed by atoms with E-state index in [1.54, 1.807) is 18.2 Å². The highest BCUT2D eigenvalue weighted by Gasteiger charge is 2.19. The average Bonchev–Trinajstić information content (AvgIpc) is 2.45. The second kappa shape index (κ2) is 6.82. The molecule has 0 saturated heterocycles. The van der Waals surface area contributed by atoms with Gasteiger partial charge in [-0.3, -0.25) is 0 Å². The minimum Gasteiger partial charge on any atom is -0.306 e. The normalized spacial score (nSPS) is 12.4. The second-order valence-corrected chi connectivity index (χ2v) is 5.02. The molecule has 0 aliphatic heterocycles. The molecule has 0 aliphatic rings. The lowest BCUT2D eigenvalue weighted by Crippen LogP contribution is -2.24. The van der Waals surface area contributed by atoms with E-state index in [1.807, 2.05) is 19.1 Å². The van der Waals surface area contributed by atoms with E-state index in [4.69, 9.17) is 11.6 Å². The fourth-order valence-corrected chi connectivity index (χ4v) is 2.22. The standard InChI is InChI=1S/C16H16ClF2N/c1-2-10-20-16(11-6-8-12(17)9-7-11)13-4-3-5-14(18)15(13)19/h3-9,16,20H,2,10H2,1H3. The van der Waals surface area contributed by atoms with Gasteiger partial charge in [-0.05, 0) is 36.7 Å². The van der Waals surface area contributed by atoms with E-state index in [2.05, 4.69) is 5.32 Å². The number of rotatable bonds is 5. The third kappa shape index (κ3) is 3.35. The van der Waals surface area contributed by atoms with E-state index >= 15 is 0 Å². The maximum Gasteiger partial charge on any atom is 0.163 e. The van der Waals surface area contributed by atoms with Crippen molar-refractivity contribution in [1.82, 2.24) is 5.32 Å². The molecule has 4 heteroatoms. The highest BCUT2D eigenvalue weighted by atomic mass is 35.5. The van der Waals surface area contributed by atoms with Gasteiger partial charge in [0.05, 0.1) is 6.04 Å². The van der Waals surface area contributed by atoms with Gasteiger partial charge in [0.15, 0.2) is 11.6 Å². The number of halogens is 3. The summed E-state index contributed by atoms with van der Waals surface area (Å²) in [6.07, 6.45) is 0.904. The van der Waals surface area contributed by atoms with Gasteiger partial charge in [0.25, 0.3) is 0 Å². The van der Waals surface area contributed by atoms with Crippen LogP contribution in [0.15, 0.2) is 42.5 Å². The van der Waals surface area contributed by atoms with Crippen molar-refractivity contribution < 1.29 is 8.78 Å². The molecule has 0 fully saturated rings. The van der Waals surface area contributed by atoms with Crippen LogP contribution in [0.25, 0.3) is 0 Å². The van der Waals surface area contributed by atoms with Crippen molar-refractivity contribution >= 4 is 11.6 Å². The Morgan fingerprint density at radius 1 is 1.10 bits per heavy atom. The van der Waals surface area contributed by atoms with Gasteiger partial charge in [-0.1, -0.05) is 42.8 Å². The lowest BCUT2D eigenvalue weighted by molar-refractivity contribution is 0.480. The number of benzene rings is 2. The molecule has 2 aromatic carbocycles. The van der Waals surface area contributed by atoms with Gasteiger partial charge in [-0.25, -0.2) is 8.78 Å². The minimum absolute atomic E-state index is 0.306. The van der Waals surface area contributed by atoms with E-state index in [9.17, 15) is 8.78 Å². The highest BCUT2D eigenvalue weighted by molar-refractivity contribution is 6.30. The van der Waals surface area contributed by atoms with Crippen molar-refractivity contribution in [2.75, 3.05) is 6.54 Å². The molecule has 2 rings (SSSR count). The highest BCUT2D eigenvalue weighted by Crippen LogP contribution is 2.26. The first-order valence-corrected chi connectivity index (χ1v) is 6.94. The first-order valence-electron chi connectivity index (χ1n) is 6.56. The first-order chi connectivity index (χ1) is 9.63. The zero-order valence-electron chi connectivity index (χ0n) is 11.2. The summed E-state index contributed by atoms with van der Waals surface area (Å²) >= 11 is 5.87. The summed E-state index contributed by atoms with van der Waals surface area (Å²) in [5.74, 6) is -1.64. The van der Waals surface area contributed by atoms with Crippen LogP contribution in [0.2, 0.25) is 5.02 Å². The van der Waals surface area contributed by atoms with Crippen LogP contribution < -0.4 is 5.32 Å². The van der Waals surface area contributed by atoms with Crippen LogP contribution in [-0.4, -0.2) is 6.54 Å². The Labute approximate surface area is 122 Å². The lowest BCUT2D eigenvalue weighted by atomic mass is 9.98. The number of hydrogen-bond acceptors (Lipinski definition) is 1. The van der Waals surface area contributed by atoms with E-state index < -0.39 is 11.6 Å². The predicted octanol–water partition coefficient (Wildman–Crippen LogP) is 4.71. The quantitative estimate of drug-likeness (QED) is 0.842. The third-order valence-corrected chi connectivity index (χ3v) is 3.35. The minimum atomic E-state index is -0.834. The van der Waals surface area contributed by atoms with Crippen LogP contribution in [0, 0.1) is 11.6 Å². The summed E-state index contributed by atoms with van der Waals surface area (Å²) in [4.78, 5) is 0. The van der Waals surface area contributed by atoms with Crippen LogP contribution in [0.3, 0.4) is 0 Å². The van der Waals surface area contributed by atoms with Crippen molar-refractivity contribution in [3.63, 3.8) is 0 Å². The molecule has 1 unspecified atom stereocenters. The molecule has 1 nitrogen and oxygen atoms in total. The Morgan fingerprint density at radius 2 is 1.80 bits per heavy atom. The summed E-state index contributed by atoms with van der Waals surface area (Å²) in [5, 5.41) is 3.85. The van der Waals surface area contributed by atoms with Crippen LogP contribution in [-0.2, 0) is 0 Å². The molecule has 20 heavy (non-hydrogen) atoms. The van der Waals surface area contributed by atoms with Gasteiger partial charge >= 0.3 is 0 Å². The fraction of sp³-hybridized carbons (Fsp3) is 0.250. The molecule has 2 aromatic rings. The lowest BCUT2D eigenvalue weighted by Gasteiger charge is -2.20. The molecule has 1 atom stereocenters. The zero-order valence-corrected chi connectivity index (χ0v) is 11.9. The van der Waals surface area contributed by atoms with Gasteiger partial charge in [0.1, 0.15) is 0 Å². The van der Waals surface area contributed by atoms with Gasteiger partial charge in [0, 0.05) is 10.6 Å². The van der Waals surface area contributed by atoms with Gasteiger partial charge in [0.2, 0.25) is 0 Å². The summed E-state index contributed by atoms with van der Waals surface area (Å²) < 4.78 is 27.4. The molecule has 0 aromatic heterocycles. The van der Waals surface area contributed by atoms with Crippen molar-refractivity contribution in [2.24, 2.45) is 0 Å². The largest absolute Gasteiger partial charge is 0.306 e. The molecule has 0 bridgehead atoms. The predicted molar refractivity (Wildman–Crippen MR) is 77.9 cm³/mol. The van der Waals surface area contributed by atoms with Crippen molar-refractivity contribution in [3.8, 4) is 0 Å². The van der Waals surface area contributed by atoms with E-state index in [-0.39, 0.29) is 6.04 Å². The molecule has 0 spiro atoms. The molecule has 0 aliphatic carbocycles. The fourth-order valence-electron chi connectivity index (χ4n) is 2.09. The topological polar surface area (TPSA) is 12.0 Å². The van der Waals surface area contributed by atoms with Gasteiger partial charge < -0.3 is 5.32 Å². The Balaban J connectivity index is 2.41. The molecule has 0 radical (unpaired) electrons. The molecular formula is C16H16ClF2N. The van der Waals surface area contributed by atoms with Crippen molar-refractivity contribution in [1.29, 1.82) is 0 Å². The maximum absolute atomic E-state index is 14.0. The molecule has 1 N–H and O–H groups in total. The van der Waals surface area contributed by atoms with Crippen LogP contribution in [0.1, 0.15) is 30.5 Å². The zero-order chi connectivity index (χ0) is 14.5. The number of nitrogens with one attached hydrogen (secondary N) is 1. The maximum atomic E-state index is 14.0. The summed E-state index contributed by atoms with van der Waals surface area (Å²) in [7, 11) is 0. The van der Waals surface area contributed by atoms with Gasteiger partial charge in [-0.2, -0.15) is 0 Å². The molecule has 0 saturated carbocycles. The van der Waals surface area contributed by atoms with Crippen LogP contribution in [0.5, 0.6) is 0 Å². The first kappa shape index (κ1) is 14.9. The molecule has 106 valence electrons. The Morgan fingerprint density at radius 3 is 2.45 bits per heavy atom. The van der Waals surface area contributed by atoms with Crippen molar-refractivity contribution in [2.45, 2.75) is 19.4 Å². The van der Waals surface area contributed by atoms with Gasteiger partial charge in [-0.15, -0.1) is 0 Å². The average molecular weight is 296 g/mol.